The minimum atomic E-state index is 0. The molecule has 0 aromatic heterocycles. The van der Waals surface area contributed by atoms with Crippen molar-refractivity contribution < 1.29 is 21.5 Å². The largest absolute Gasteiger partial charge is 1.00 e. The van der Waals surface area contributed by atoms with E-state index < -0.39 is 0 Å². The summed E-state index contributed by atoms with van der Waals surface area (Å²) in [5.74, 6) is 1.12. The van der Waals surface area contributed by atoms with Gasteiger partial charge in [0.25, 0.3) is 0 Å². The highest BCUT2D eigenvalue weighted by Gasteiger charge is 2.04. The summed E-state index contributed by atoms with van der Waals surface area (Å²) in [6, 6.07) is 0. The van der Waals surface area contributed by atoms with Crippen LogP contribution in [0, 0.1) is 0 Å². The monoisotopic (exact) mass is 349 g/mol. The van der Waals surface area contributed by atoms with E-state index in [1.165, 1.54) is 6.54 Å². The molecule has 0 amide bonds. The summed E-state index contributed by atoms with van der Waals surface area (Å²) in [6.07, 6.45) is 0. The van der Waals surface area contributed by atoms with Crippen LogP contribution in [-0.4, -0.2) is 50.0 Å². The van der Waals surface area contributed by atoms with Gasteiger partial charge in [-0.15, -0.1) is 28.7 Å². The number of rotatable bonds is 6. The topological polar surface area (TPSA) is 24.4 Å². The minimum Gasteiger partial charge on any atom is -1.00 e. The van der Waals surface area contributed by atoms with Crippen molar-refractivity contribution in [3.8, 4) is 0 Å². The van der Waals surface area contributed by atoms with Crippen LogP contribution in [-0.2, 0) is 0 Å². The van der Waals surface area contributed by atoms with Gasteiger partial charge in [-0.3, -0.25) is 0 Å². The average molecular weight is 351 g/mol. The van der Waals surface area contributed by atoms with Crippen molar-refractivity contribution in [2.45, 2.75) is 6.92 Å². The highest BCUT2D eigenvalue weighted by Crippen LogP contribution is 1.98. The lowest BCUT2D eigenvalue weighted by molar-refractivity contribution is -0.867. The van der Waals surface area contributed by atoms with Crippen molar-refractivity contribution in [2.24, 2.45) is 5.10 Å². The molecule has 0 bridgehead atoms. The fourth-order valence-corrected chi connectivity index (χ4v) is 1.45. The molecule has 0 rings (SSSR count). The van der Waals surface area contributed by atoms with E-state index >= 15 is 0 Å². The third-order valence-corrected chi connectivity index (χ3v) is 1.93. The molecule has 1 N–H and O–H groups in total. The standard InChI is InChI=1S/C8H20N3S.2BrH/c1-5-9-10-8-12-7-6-11(2,3)4;;/h8-9H,5-7H2,1-4H3;2*1H/q+1;;/p-1. The molecule has 0 aliphatic carbocycles. The van der Waals surface area contributed by atoms with Crippen LogP contribution in [0.15, 0.2) is 5.10 Å². The van der Waals surface area contributed by atoms with E-state index in [0.29, 0.717) is 0 Å². The van der Waals surface area contributed by atoms with E-state index in [9.17, 15) is 0 Å². The molecule has 0 aromatic rings. The fourth-order valence-electron chi connectivity index (χ4n) is 0.545. The van der Waals surface area contributed by atoms with Gasteiger partial charge in [-0.25, -0.2) is 0 Å². The lowest BCUT2D eigenvalue weighted by atomic mass is 10.6. The Bertz CT molecular complexity index is 137. The van der Waals surface area contributed by atoms with Crippen molar-refractivity contribution in [3.63, 3.8) is 0 Å². The van der Waals surface area contributed by atoms with Crippen LogP contribution >= 0.6 is 28.7 Å². The van der Waals surface area contributed by atoms with Gasteiger partial charge >= 0.3 is 0 Å². The molecule has 0 radical (unpaired) electrons. The van der Waals surface area contributed by atoms with E-state index in [4.69, 9.17) is 0 Å². The predicted molar refractivity (Wildman–Crippen MR) is 67.8 cm³/mol. The van der Waals surface area contributed by atoms with Crippen LogP contribution in [0.25, 0.3) is 0 Å². The SMILES string of the molecule is Br.CCNN=CSCC[N+](C)(C)C.[Br-]. The van der Waals surface area contributed by atoms with Crippen LogP contribution in [0.2, 0.25) is 0 Å². The van der Waals surface area contributed by atoms with E-state index in [1.54, 1.807) is 11.8 Å². The summed E-state index contributed by atoms with van der Waals surface area (Å²) < 4.78 is 1.02. The molecule has 0 saturated heterocycles. The van der Waals surface area contributed by atoms with Gasteiger partial charge in [0.15, 0.2) is 0 Å². The van der Waals surface area contributed by atoms with Gasteiger partial charge in [-0.05, 0) is 6.92 Å². The van der Waals surface area contributed by atoms with Gasteiger partial charge in [-0.2, -0.15) is 5.10 Å². The zero-order chi connectivity index (χ0) is 9.45. The van der Waals surface area contributed by atoms with Crippen molar-refractivity contribution in [3.05, 3.63) is 0 Å². The molecule has 0 spiro atoms. The molecule has 0 unspecified atom stereocenters. The van der Waals surface area contributed by atoms with Gasteiger partial charge < -0.3 is 26.9 Å². The lowest BCUT2D eigenvalue weighted by Gasteiger charge is -2.22. The first-order valence-electron chi connectivity index (χ1n) is 4.22. The smallest absolute Gasteiger partial charge is 0.0876 e. The number of hydrazone groups is 1. The van der Waals surface area contributed by atoms with Crippen LogP contribution in [0.4, 0.5) is 0 Å². The summed E-state index contributed by atoms with van der Waals surface area (Å²) in [4.78, 5) is 0. The molecule has 0 aromatic carbocycles. The molecular formula is C8H21Br2N3S. The zero-order valence-electron chi connectivity index (χ0n) is 9.29. The second-order valence-electron chi connectivity index (χ2n) is 3.63. The Morgan fingerprint density at radius 3 is 2.36 bits per heavy atom. The number of nitrogens with zero attached hydrogens (tertiary/aromatic N) is 2. The summed E-state index contributed by atoms with van der Waals surface area (Å²) in [7, 11) is 6.59. The Morgan fingerprint density at radius 1 is 1.36 bits per heavy atom. The van der Waals surface area contributed by atoms with Crippen LogP contribution in [0.3, 0.4) is 0 Å². The predicted octanol–water partition coefficient (Wildman–Crippen LogP) is -1.44. The van der Waals surface area contributed by atoms with Crippen molar-refractivity contribution >= 4 is 34.3 Å². The molecule has 14 heavy (non-hydrogen) atoms. The van der Waals surface area contributed by atoms with E-state index in [-0.39, 0.29) is 34.0 Å². The van der Waals surface area contributed by atoms with E-state index in [2.05, 4.69) is 31.7 Å². The molecule has 0 heterocycles. The highest BCUT2D eigenvalue weighted by atomic mass is 79.9. The Labute approximate surface area is 113 Å². The summed E-state index contributed by atoms with van der Waals surface area (Å²) in [5.41, 5.74) is 4.76. The van der Waals surface area contributed by atoms with Gasteiger partial charge in [0, 0.05) is 12.3 Å². The van der Waals surface area contributed by atoms with Crippen molar-refractivity contribution in [1.29, 1.82) is 0 Å². The number of thioether (sulfide) groups is 1. The van der Waals surface area contributed by atoms with Gasteiger partial charge in [-0.1, -0.05) is 0 Å². The number of hydrogen-bond acceptors (Lipinski definition) is 3. The van der Waals surface area contributed by atoms with Crippen LogP contribution < -0.4 is 22.4 Å². The fraction of sp³-hybridized carbons (Fsp3) is 0.875. The molecule has 0 atom stereocenters. The second-order valence-corrected chi connectivity index (χ2v) is 4.58. The molecule has 3 nitrogen and oxygen atoms in total. The van der Waals surface area contributed by atoms with E-state index in [1.807, 2.05) is 12.5 Å². The van der Waals surface area contributed by atoms with Crippen molar-refractivity contribution in [2.75, 3.05) is 40.0 Å². The number of nitrogens with one attached hydrogen (secondary N) is 1. The number of halogens is 2. The molecular weight excluding hydrogens is 330 g/mol. The summed E-state index contributed by atoms with van der Waals surface area (Å²) >= 11 is 1.75. The van der Waals surface area contributed by atoms with E-state index in [0.717, 1.165) is 16.8 Å². The third kappa shape index (κ3) is 18.5. The first kappa shape index (κ1) is 20.2. The molecule has 6 heteroatoms. The normalized spacial score (nSPS) is 10.6. The molecule has 0 aliphatic rings. The maximum absolute atomic E-state index is 3.99. The molecule has 0 aliphatic heterocycles. The highest BCUT2D eigenvalue weighted by molar-refractivity contribution is 8.93. The van der Waals surface area contributed by atoms with Crippen LogP contribution in [0.5, 0.6) is 0 Å². The minimum absolute atomic E-state index is 0. The summed E-state index contributed by atoms with van der Waals surface area (Å²) in [6.45, 7) is 4.10. The molecule has 0 saturated carbocycles. The summed E-state index contributed by atoms with van der Waals surface area (Å²) in [5, 5.41) is 3.99. The Hall–Kier alpha value is 0.740. The van der Waals surface area contributed by atoms with Crippen molar-refractivity contribution in [1.82, 2.24) is 5.43 Å². The zero-order valence-corrected chi connectivity index (χ0v) is 13.4. The molecule has 88 valence electrons. The number of hydrogen-bond donors (Lipinski definition) is 1. The quantitative estimate of drug-likeness (QED) is 0.209. The van der Waals surface area contributed by atoms with Crippen LogP contribution in [0.1, 0.15) is 6.92 Å². The first-order chi connectivity index (χ1) is 5.56. The van der Waals surface area contributed by atoms with Gasteiger partial charge in [0.2, 0.25) is 0 Å². The third-order valence-electron chi connectivity index (χ3n) is 1.26. The Balaban J connectivity index is -0.000000605. The molecule has 0 fully saturated rings. The Kier molecular flexibility index (Phi) is 17.0. The Morgan fingerprint density at radius 2 is 1.93 bits per heavy atom. The first-order valence-corrected chi connectivity index (χ1v) is 5.27. The van der Waals surface area contributed by atoms with Gasteiger partial charge in [0.05, 0.1) is 33.2 Å². The number of quaternary nitrogens is 1. The average Bonchev–Trinajstić information content (AvgIpc) is 1.94. The maximum Gasteiger partial charge on any atom is 0.0876 e. The maximum atomic E-state index is 3.99. The van der Waals surface area contributed by atoms with Gasteiger partial charge in [0.1, 0.15) is 0 Å². The second kappa shape index (κ2) is 11.8. The lowest BCUT2D eigenvalue weighted by Crippen LogP contribution is -3.00.